The molecule has 0 atom stereocenters. The summed E-state index contributed by atoms with van der Waals surface area (Å²) in [5.74, 6) is 3.87. The van der Waals surface area contributed by atoms with Crippen LogP contribution in [0.4, 0.5) is 0 Å². The van der Waals surface area contributed by atoms with Gasteiger partial charge in [-0.25, -0.2) is 0 Å². The molecule has 4 radical (unpaired) electrons. The minimum absolute atomic E-state index is 0. The Hall–Kier alpha value is -1.74. The molecule has 142 valence electrons. The van der Waals surface area contributed by atoms with Crippen LogP contribution in [0.2, 0.25) is 0 Å². The molecule has 3 aliphatic rings. The van der Waals surface area contributed by atoms with Gasteiger partial charge in [0.05, 0.1) is 0 Å². The third kappa shape index (κ3) is 15.1. The Bertz CT molecular complexity index is 507. The van der Waals surface area contributed by atoms with Crippen LogP contribution in [-0.2, 0) is 22.4 Å². The van der Waals surface area contributed by atoms with Crippen LogP contribution in [0.3, 0.4) is 0 Å². The van der Waals surface area contributed by atoms with E-state index in [4.69, 9.17) is 0 Å². The van der Waals surface area contributed by atoms with Crippen molar-refractivity contribution in [1.29, 1.82) is 0 Å². The van der Waals surface area contributed by atoms with E-state index >= 15 is 0 Å². The van der Waals surface area contributed by atoms with Crippen molar-refractivity contribution in [2.24, 2.45) is 0 Å². The van der Waals surface area contributed by atoms with Crippen LogP contribution in [0.15, 0.2) is 109 Å². The van der Waals surface area contributed by atoms with E-state index in [1.165, 1.54) is 17.8 Å². The molecule has 3 heteroatoms. The molecule has 0 bridgehead atoms. The Balaban J connectivity index is -0.000000303. The Morgan fingerprint density at radius 2 is 0.556 bits per heavy atom. The summed E-state index contributed by atoms with van der Waals surface area (Å²) in [6, 6.07) is 0. The Labute approximate surface area is 179 Å². The number of hydrogen-bond donors (Lipinski definition) is 0. The first-order valence-corrected chi connectivity index (χ1v) is 8.02. The van der Waals surface area contributed by atoms with Crippen LogP contribution < -0.4 is 9.41 Å². The van der Waals surface area contributed by atoms with Gasteiger partial charge in [-0.05, 0) is 16.7 Å². The quantitative estimate of drug-likeness (QED) is 0.432. The molecule has 0 nitrogen and oxygen atoms in total. The van der Waals surface area contributed by atoms with Crippen molar-refractivity contribution in [2.75, 3.05) is 0 Å². The molecule has 0 fully saturated rings. The first-order valence-electron chi connectivity index (χ1n) is 8.02. The summed E-state index contributed by atoms with van der Waals surface area (Å²) in [7, 11) is 0. The summed E-state index contributed by atoms with van der Waals surface area (Å²) >= 11 is 0. The van der Waals surface area contributed by atoms with E-state index in [2.05, 4.69) is 77.0 Å². The molecule has 0 amide bonds. The third-order valence-electron chi connectivity index (χ3n) is 3.36. The summed E-state index contributed by atoms with van der Waals surface area (Å²) in [6.07, 6.45) is 24.4. The maximum absolute atomic E-state index is 3.76. The summed E-state index contributed by atoms with van der Waals surface area (Å²) < 4.78 is 0. The van der Waals surface area contributed by atoms with E-state index in [-0.39, 0.29) is 31.8 Å². The second-order valence-electron chi connectivity index (χ2n) is 5.96. The van der Waals surface area contributed by atoms with Gasteiger partial charge in [0, 0.05) is 17.8 Å². The van der Waals surface area contributed by atoms with Gasteiger partial charge in [-0.15, -0.1) is 0 Å². The SMILES string of the molecule is C=C1C=C[C](C)C=C1.C=C1C=C[C](C)C=C1.C=C1C=C[C](C)C=C1.[F-].[F-].[Ta+2]. The Morgan fingerprint density at radius 1 is 0.407 bits per heavy atom. The van der Waals surface area contributed by atoms with Crippen molar-refractivity contribution < 1.29 is 31.8 Å². The molecule has 0 heterocycles. The maximum Gasteiger partial charge on any atom is 2.00 e. The van der Waals surface area contributed by atoms with Crippen LogP contribution in [0.5, 0.6) is 0 Å². The maximum atomic E-state index is 3.76. The second kappa shape index (κ2) is 16.4. The van der Waals surface area contributed by atoms with Gasteiger partial charge in [-0.3, -0.25) is 0 Å². The van der Waals surface area contributed by atoms with Gasteiger partial charge in [0.15, 0.2) is 0 Å². The zero-order valence-corrected chi connectivity index (χ0v) is 19.5. The average Bonchev–Trinajstić information content (AvgIpc) is 2.57. The fraction of sp³-hybridized carbons (Fsp3) is 0.125. The van der Waals surface area contributed by atoms with Gasteiger partial charge < -0.3 is 9.41 Å². The van der Waals surface area contributed by atoms with Crippen molar-refractivity contribution >= 4 is 0 Å². The largest absolute Gasteiger partial charge is 2.00 e. The van der Waals surface area contributed by atoms with Crippen LogP contribution in [0.1, 0.15) is 20.8 Å². The molecule has 27 heavy (non-hydrogen) atoms. The molecular weight excluding hydrogens is 507 g/mol. The van der Waals surface area contributed by atoms with Crippen LogP contribution >= 0.6 is 0 Å². The molecule has 0 aliphatic heterocycles. The Kier molecular flexibility index (Phi) is 18.3. The van der Waals surface area contributed by atoms with Gasteiger partial charge in [0.2, 0.25) is 0 Å². The summed E-state index contributed by atoms with van der Waals surface area (Å²) in [6.45, 7) is 17.5. The molecule has 0 saturated heterocycles. The zero-order chi connectivity index (χ0) is 17.9. The average molecular weight is 534 g/mol. The predicted octanol–water partition coefficient (Wildman–Crippen LogP) is 0.794. The fourth-order valence-electron chi connectivity index (χ4n) is 1.76. The molecule has 0 unspecified atom stereocenters. The van der Waals surface area contributed by atoms with Gasteiger partial charge in [-0.1, -0.05) is 113 Å². The zero-order valence-electron chi connectivity index (χ0n) is 16.3. The van der Waals surface area contributed by atoms with Crippen LogP contribution in [0.25, 0.3) is 0 Å². The van der Waals surface area contributed by atoms with Crippen molar-refractivity contribution in [3.63, 3.8) is 0 Å². The van der Waals surface area contributed by atoms with Gasteiger partial charge >= 0.3 is 22.4 Å². The Morgan fingerprint density at radius 3 is 0.667 bits per heavy atom. The van der Waals surface area contributed by atoms with Crippen LogP contribution in [0, 0.1) is 17.8 Å². The monoisotopic (exact) mass is 534 g/mol. The second-order valence-corrected chi connectivity index (χ2v) is 5.96. The van der Waals surface area contributed by atoms with E-state index in [9.17, 15) is 0 Å². The molecule has 0 aromatic heterocycles. The first kappa shape index (κ1) is 30.0. The molecule has 3 rings (SSSR count). The van der Waals surface area contributed by atoms with Gasteiger partial charge in [0.25, 0.3) is 0 Å². The number of hydrogen-bond acceptors (Lipinski definition) is 0. The van der Waals surface area contributed by atoms with Gasteiger partial charge in [-0.2, -0.15) is 0 Å². The van der Waals surface area contributed by atoms with E-state index in [1.54, 1.807) is 0 Å². The minimum atomic E-state index is 0. The van der Waals surface area contributed by atoms with Crippen molar-refractivity contribution in [3.05, 3.63) is 127 Å². The molecule has 0 saturated carbocycles. The fourth-order valence-corrected chi connectivity index (χ4v) is 1.76. The third-order valence-corrected chi connectivity index (χ3v) is 3.36. The topological polar surface area (TPSA) is 0 Å². The number of allylic oxidation sites excluding steroid dienone is 15. The van der Waals surface area contributed by atoms with Gasteiger partial charge in [0.1, 0.15) is 0 Å². The van der Waals surface area contributed by atoms with E-state index in [0.29, 0.717) is 0 Å². The van der Waals surface area contributed by atoms with Crippen molar-refractivity contribution in [2.45, 2.75) is 20.8 Å². The summed E-state index contributed by atoms with van der Waals surface area (Å²) in [5, 5.41) is 0. The molecule has 0 aromatic rings. The molecular formula is C24H27F2Ta. The normalized spacial score (nSPS) is 17.7. The standard InChI is InChI=1S/3C8H9.2FH.Ta/c3*1-7-3-5-8(2)6-4-7;;;/h3*3-6H,1H2,2H3;2*1H;/q;;;;;+2/p-2. The van der Waals surface area contributed by atoms with Crippen LogP contribution in [-0.4, -0.2) is 0 Å². The van der Waals surface area contributed by atoms with Crippen molar-refractivity contribution in [3.8, 4) is 0 Å². The number of halogens is 2. The van der Waals surface area contributed by atoms with Crippen molar-refractivity contribution in [1.82, 2.24) is 0 Å². The molecule has 3 aliphatic carbocycles. The summed E-state index contributed by atoms with van der Waals surface area (Å²) in [4.78, 5) is 0. The predicted molar refractivity (Wildman–Crippen MR) is 109 cm³/mol. The summed E-state index contributed by atoms with van der Waals surface area (Å²) in [5.41, 5.74) is 3.24. The molecule has 0 N–H and O–H groups in total. The van der Waals surface area contributed by atoms with E-state index in [0.717, 1.165) is 16.7 Å². The van der Waals surface area contributed by atoms with E-state index < -0.39 is 0 Å². The smallest absolute Gasteiger partial charge is 1.00 e. The van der Waals surface area contributed by atoms with E-state index in [1.807, 2.05) is 36.5 Å². The first-order chi connectivity index (χ1) is 11.4. The minimum Gasteiger partial charge on any atom is -1.00 e. The number of rotatable bonds is 0. The molecule has 0 aromatic carbocycles. The molecule has 0 spiro atoms.